The Bertz CT molecular complexity index is 267. The maximum absolute atomic E-state index is 9.19. The number of hydrogen-bond acceptors (Lipinski definition) is 1. The van der Waals surface area contributed by atoms with Crippen molar-refractivity contribution >= 4 is 0 Å². The molecule has 2 aliphatic carbocycles. The summed E-state index contributed by atoms with van der Waals surface area (Å²) in [6.07, 6.45) is 20.0. The summed E-state index contributed by atoms with van der Waals surface area (Å²) in [5, 5.41) is 9.19. The van der Waals surface area contributed by atoms with Crippen LogP contribution in [0.15, 0.2) is 12.2 Å². The number of aliphatic hydroxyl groups excluding tert-OH is 1. The molecular weight excluding hydrogens is 244 g/mol. The fraction of sp³-hybridized carbons (Fsp3) is 0.895. The Morgan fingerprint density at radius 3 is 1.80 bits per heavy atom. The highest BCUT2D eigenvalue weighted by atomic mass is 16.3. The van der Waals surface area contributed by atoms with Gasteiger partial charge in [-0.25, -0.2) is 0 Å². The Hall–Kier alpha value is -0.300. The highest BCUT2D eigenvalue weighted by Crippen LogP contribution is 2.36. The highest BCUT2D eigenvalue weighted by Gasteiger charge is 2.23. The quantitative estimate of drug-likeness (QED) is 0.650. The van der Waals surface area contributed by atoms with E-state index in [0.717, 1.165) is 17.8 Å². The van der Waals surface area contributed by atoms with Gasteiger partial charge in [0, 0.05) is 6.61 Å². The van der Waals surface area contributed by atoms with Crippen LogP contribution in [0.3, 0.4) is 0 Å². The second-order valence-electron chi connectivity index (χ2n) is 7.26. The monoisotopic (exact) mass is 278 g/mol. The van der Waals surface area contributed by atoms with E-state index in [2.05, 4.69) is 19.1 Å². The molecule has 0 aliphatic heterocycles. The van der Waals surface area contributed by atoms with Crippen LogP contribution in [-0.2, 0) is 0 Å². The molecule has 1 N–H and O–H groups in total. The molecule has 2 aliphatic rings. The van der Waals surface area contributed by atoms with Gasteiger partial charge in [-0.05, 0) is 68.6 Å². The number of allylic oxidation sites excluding steroid dienone is 2. The molecule has 0 aromatic carbocycles. The minimum Gasteiger partial charge on any atom is -0.396 e. The van der Waals surface area contributed by atoms with Crippen molar-refractivity contribution in [2.45, 2.75) is 77.6 Å². The van der Waals surface area contributed by atoms with Crippen molar-refractivity contribution in [1.82, 2.24) is 0 Å². The lowest BCUT2D eigenvalue weighted by atomic mass is 9.75. The molecule has 0 atom stereocenters. The summed E-state index contributed by atoms with van der Waals surface area (Å²) in [5.41, 5.74) is 0. The average Bonchev–Trinajstić information content (AvgIpc) is 2.52. The smallest absolute Gasteiger partial charge is 0.0459 e. The first kappa shape index (κ1) is 16.1. The van der Waals surface area contributed by atoms with Crippen molar-refractivity contribution in [1.29, 1.82) is 0 Å². The molecule has 116 valence electrons. The summed E-state index contributed by atoms with van der Waals surface area (Å²) in [6.45, 7) is 2.65. The summed E-state index contributed by atoms with van der Waals surface area (Å²) >= 11 is 0. The maximum atomic E-state index is 9.19. The largest absolute Gasteiger partial charge is 0.396 e. The van der Waals surface area contributed by atoms with Crippen LogP contribution in [-0.4, -0.2) is 11.7 Å². The molecule has 2 saturated carbocycles. The molecule has 2 fully saturated rings. The van der Waals surface area contributed by atoms with Gasteiger partial charge in [-0.2, -0.15) is 0 Å². The molecule has 0 unspecified atom stereocenters. The maximum Gasteiger partial charge on any atom is 0.0459 e. The Labute approximate surface area is 125 Å². The van der Waals surface area contributed by atoms with Gasteiger partial charge in [-0.15, -0.1) is 0 Å². The topological polar surface area (TPSA) is 20.2 Å². The third-order valence-electron chi connectivity index (χ3n) is 5.74. The molecule has 0 spiro atoms. The van der Waals surface area contributed by atoms with Gasteiger partial charge in [-0.1, -0.05) is 44.8 Å². The van der Waals surface area contributed by atoms with Crippen LogP contribution in [0.5, 0.6) is 0 Å². The van der Waals surface area contributed by atoms with E-state index in [1.807, 2.05) is 0 Å². The van der Waals surface area contributed by atoms with Crippen LogP contribution in [0.2, 0.25) is 0 Å². The lowest BCUT2D eigenvalue weighted by Gasteiger charge is -2.31. The van der Waals surface area contributed by atoms with E-state index in [0.29, 0.717) is 12.5 Å². The zero-order chi connectivity index (χ0) is 14.2. The first-order chi connectivity index (χ1) is 9.81. The van der Waals surface area contributed by atoms with Gasteiger partial charge in [-0.3, -0.25) is 0 Å². The van der Waals surface area contributed by atoms with Crippen molar-refractivity contribution in [2.75, 3.05) is 6.61 Å². The van der Waals surface area contributed by atoms with Gasteiger partial charge in [0.1, 0.15) is 0 Å². The van der Waals surface area contributed by atoms with Crippen molar-refractivity contribution in [3.05, 3.63) is 12.2 Å². The fourth-order valence-electron chi connectivity index (χ4n) is 4.17. The van der Waals surface area contributed by atoms with Gasteiger partial charge < -0.3 is 5.11 Å². The van der Waals surface area contributed by atoms with Gasteiger partial charge in [0.05, 0.1) is 0 Å². The summed E-state index contributed by atoms with van der Waals surface area (Å²) in [7, 11) is 0. The lowest BCUT2D eigenvalue weighted by Crippen LogP contribution is -2.19. The van der Waals surface area contributed by atoms with Crippen LogP contribution in [0.25, 0.3) is 0 Å². The Morgan fingerprint density at radius 2 is 1.30 bits per heavy atom. The number of hydrogen-bond donors (Lipinski definition) is 1. The van der Waals surface area contributed by atoms with E-state index in [-0.39, 0.29) is 0 Å². The Balaban J connectivity index is 1.58. The Kier molecular flexibility index (Phi) is 7.13. The van der Waals surface area contributed by atoms with Crippen LogP contribution in [0.1, 0.15) is 77.6 Å². The molecule has 0 amide bonds. The molecule has 1 nitrogen and oxygen atoms in total. The highest BCUT2D eigenvalue weighted by molar-refractivity contribution is 4.90. The van der Waals surface area contributed by atoms with Crippen molar-refractivity contribution in [2.24, 2.45) is 23.7 Å². The molecule has 0 saturated heterocycles. The first-order valence-electron chi connectivity index (χ1n) is 9.09. The molecule has 0 aromatic heterocycles. The zero-order valence-electron chi connectivity index (χ0n) is 13.4. The van der Waals surface area contributed by atoms with Crippen molar-refractivity contribution < 1.29 is 5.11 Å². The normalized spacial score (nSPS) is 35.5. The van der Waals surface area contributed by atoms with E-state index in [4.69, 9.17) is 0 Å². The van der Waals surface area contributed by atoms with E-state index in [1.165, 1.54) is 70.6 Å². The standard InChI is InChI=1S/C19H34O/c1-2-3-4-16-5-7-17(8-6-16)9-10-18-11-13-19(15-20)14-12-18/h3-4,16-20H,2,5-15H2,1H3/t16-,17-,18-,19-. The minimum atomic E-state index is 0.419. The first-order valence-corrected chi connectivity index (χ1v) is 9.09. The molecule has 0 heterocycles. The third-order valence-corrected chi connectivity index (χ3v) is 5.74. The number of rotatable bonds is 6. The summed E-state index contributed by atoms with van der Waals surface area (Å²) in [6, 6.07) is 0. The third kappa shape index (κ3) is 5.24. The van der Waals surface area contributed by atoms with Crippen LogP contribution in [0.4, 0.5) is 0 Å². The van der Waals surface area contributed by atoms with Crippen LogP contribution < -0.4 is 0 Å². The van der Waals surface area contributed by atoms with E-state index < -0.39 is 0 Å². The van der Waals surface area contributed by atoms with Crippen LogP contribution in [0, 0.1) is 23.7 Å². The Morgan fingerprint density at radius 1 is 0.800 bits per heavy atom. The molecule has 0 aromatic rings. The van der Waals surface area contributed by atoms with Crippen LogP contribution >= 0.6 is 0 Å². The zero-order valence-corrected chi connectivity index (χ0v) is 13.4. The molecule has 2 rings (SSSR count). The van der Waals surface area contributed by atoms with Gasteiger partial charge in [0.2, 0.25) is 0 Å². The second kappa shape index (κ2) is 8.87. The summed E-state index contributed by atoms with van der Waals surface area (Å²) in [4.78, 5) is 0. The fourth-order valence-corrected chi connectivity index (χ4v) is 4.17. The predicted octanol–water partition coefficient (Wildman–Crippen LogP) is 5.34. The molecular formula is C19H34O. The van der Waals surface area contributed by atoms with Gasteiger partial charge in [0.25, 0.3) is 0 Å². The second-order valence-corrected chi connectivity index (χ2v) is 7.26. The van der Waals surface area contributed by atoms with E-state index in [9.17, 15) is 5.11 Å². The predicted molar refractivity (Wildman–Crippen MR) is 86.6 cm³/mol. The van der Waals surface area contributed by atoms with Gasteiger partial charge >= 0.3 is 0 Å². The molecule has 20 heavy (non-hydrogen) atoms. The lowest BCUT2D eigenvalue weighted by molar-refractivity contribution is 0.158. The van der Waals surface area contributed by atoms with E-state index in [1.54, 1.807) is 0 Å². The molecule has 1 heteroatoms. The van der Waals surface area contributed by atoms with Crippen molar-refractivity contribution in [3.8, 4) is 0 Å². The van der Waals surface area contributed by atoms with E-state index >= 15 is 0 Å². The van der Waals surface area contributed by atoms with Crippen molar-refractivity contribution in [3.63, 3.8) is 0 Å². The minimum absolute atomic E-state index is 0.419. The van der Waals surface area contributed by atoms with Gasteiger partial charge in [0.15, 0.2) is 0 Å². The number of aliphatic hydroxyl groups is 1. The summed E-state index contributed by atoms with van der Waals surface area (Å²) in [5.74, 6) is 3.48. The SMILES string of the molecule is CCC=C[C@H]1CC[C@H](CC[C@H]2CC[C@H](CO)CC2)CC1. The summed E-state index contributed by atoms with van der Waals surface area (Å²) < 4.78 is 0. The molecule has 0 radical (unpaired) electrons. The molecule has 0 bridgehead atoms. The average molecular weight is 278 g/mol.